The van der Waals surface area contributed by atoms with Crippen LogP contribution in [-0.4, -0.2) is 45.4 Å². The molecule has 0 atom stereocenters. The van der Waals surface area contributed by atoms with Crippen LogP contribution in [0.5, 0.6) is 0 Å². The normalized spacial score (nSPS) is 11.4. The Kier molecular flexibility index (Phi) is 4.36. The van der Waals surface area contributed by atoms with E-state index in [1.54, 1.807) is 7.11 Å². The van der Waals surface area contributed by atoms with Crippen molar-refractivity contribution in [2.24, 2.45) is 0 Å². The van der Waals surface area contributed by atoms with Crippen molar-refractivity contribution >= 4 is 5.91 Å². The van der Waals surface area contributed by atoms with Crippen LogP contribution in [0.4, 0.5) is 0 Å². The first-order chi connectivity index (χ1) is 7.53. The largest absolute Gasteiger partial charge is 0.382 e. The number of amides is 1. The summed E-state index contributed by atoms with van der Waals surface area (Å²) in [6.45, 7) is 4.77. The molecular formula is C9H17N5O2. The number of aryl methyl sites for hydroxylation is 1. The number of methoxy groups -OCH3 is 1. The lowest BCUT2D eigenvalue weighted by Crippen LogP contribution is -2.46. The second-order valence-electron chi connectivity index (χ2n) is 4.19. The summed E-state index contributed by atoms with van der Waals surface area (Å²) < 4.78 is 6.52. The Bertz CT molecular complexity index is 323. The molecule has 0 saturated carbocycles. The third-order valence-electron chi connectivity index (χ3n) is 1.94. The minimum atomic E-state index is -0.355. The fourth-order valence-electron chi connectivity index (χ4n) is 1.34. The molecule has 1 aromatic heterocycles. The smallest absolute Gasteiger partial charge is 0.222 e. The molecule has 1 N–H and O–H groups in total. The monoisotopic (exact) mass is 227 g/mol. The van der Waals surface area contributed by atoms with Crippen LogP contribution < -0.4 is 5.32 Å². The van der Waals surface area contributed by atoms with Crippen LogP contribution in [0.3, 0.4) is 0 Å². The number of carbonyl (C=O) groups excluding carboxylic acids is 1. The average molecular weight is 227 g/mol. The molecule has 0 aromatic carbocycles. The van der Waals surface area contributed by atoms with Gasteiger partial charge >= 0.3 is 0 Å². The molecule has 16 heavy (non-hydrogen) atoms. The first-order valence-electron chi connectivity index (χ1n) is 5.04. The summed E-state index contributed by atoms with van der Waals surface area (Å²) in [6.07, 6.45) is 1.83. The molecule has 0 radical (unpaired) electrons. The van der Waals surface area contributed by atoms with E-state index in [4.69, 9.17) is 4.74 Å². The van der Waals surface area contributed by atoms with Gasteiger partial charge in [0.1, 0.15) is 6.33 Å². The zero-order valence-corrected chi connectivity index (χ0v) is 9.80. The topological polar surface area (TPSA) is 81.9 Å². The molecule has 7 heteroatoms. The predicted octanol–water partition coefficient (Wildman–Crippen LogP) is -0.396. The summed E-state index contributed by atoms with van der Waals surface area (Å²) in [4.78, 5) is 11.6. The van der Waals surface area contributed by atoms with Gasteiger partial charge in [-0.05, 0) is 24.3 Å². The number of nitrogens with zero attached hydrogens (tertiary/aromatic N) is 4. The summed E-state index contributed by atoms with van der Waals surface area (Å²) in [5, 5.41) is 13.5. The van der Waals surface area contributed by atoms with Crippen molar-refractivity contribution in [3.8, 4) is 0 Å². The Labute approximate surface area is 94.2 Å². The van der Waals surface area contributed by atoms with Gasteiger partial charge in [-0.25, -0.2) is 4.68 Å². The maximum absolute atomic E-state index is 11.6. The second-order valence-corrected chi connectivity index (χ2v) is 4.19. The van der Waals surface area contributed by atoms with Crippen molar-refractivity contribution in [2.45, 2.75) is 32.4 Å². The Hall–Kier alpha value is -1.50. The van der Waals surface area contributed by atoms with Crippen molar-refractivity contribution in [2.75, 3.05) is 13.7 Å². The van der Waals surface area contributed by atoms with Crippen molar-refractivity contribution in [3.05, 3.63) is 6.33 Å². The van der Waals surface area contributed by atoms with Crippen molar-refractivity contribution < 1.29 is 9.53 Å². The number of tetrazole rings is 1. The number of rotatable bonds is 6. The molecule has 0 fully saturated rings. The lowest BCUT2D eigenvalue weighted by atomic mass is 10.1. The fourth-order valence-corrected chi connectivity index (χ4v) is 1.34. The number of hydrogen-bond acceptors (Lipinski definition) is 5. The molecule has 1 heterocycles. The minimum Gasteiger partial charge on any atom is -0.382 e. The lowest BCUT2D eigenvalue weighted by molar-refractivity contribution is -0.123. The molecule has 0 unspecified atom stereocenters. The quantitative estimate of drug-likeness (QED) is 0.715. The van der Waals surface area contributed by atoms with E-state index in [1.807, 2.05) is 13.8 Å². The maximum Gasteiger partial charge on any atom is 0.222 e. The summed E-state index contributed by atoms with van der Waals surface area (Å²) in [5.74, 6) is -0.0439. The molecule has 1 aromatic rings. The maximum atomic E-state index is 11.6. The van der Waals surface area contributed by atoms with Crippen LogP contribution in [0.15, 0.2) is 6.33 Å². The highest BCUT2D eigenvalue weighted by molar-refractivity contribution is 5.76. The standard InChI is InChI=1S/C9H17N5O2/c1-9(2,6-16-3)11-8(15)4-5-14-7-10-12-13-14/h7H,4-6H2,1-3H3,(H,11,15). The van der Waals surface area contributed by atoms with Gasteiger partial charge in [-0.15, -0.1) is 5.10 Å². The Morgan fingerprint density at radius 2 is 2.31 bits per heavy atom. The van der Waals surface area contributed by atoms with E-state index in [0.29, 0.717) is 19.6 Å². The van der Waals surface area contributed by atoms with E-state index in [-0.39, 0.29) is 11.4 Å². The molecule has 7 nitrogen and oxygen atoms in total. The molecule has 0 aliphatic carbocycles. The number of hydrogen-bond donors (Lipinski definition) is 1. The third-order valence-corrected chi connectivity index (χ3v) is 1.94. The Balaban J connectivity index is 2.30. The van der Waals surface area contributed by atoms with Crippen LogP contribution in [0.25, 0.3) is 0 Å². The van der Waals surface area contributed by atoms with E-state index in [0.717, 1.165) is 0 Å². The molecule has 1 amide bonds. The molecule has 0 aliphatic rings. The van der Waals surface area contributed by atoms with Crippen LogP contribution in [0.2, 0.25) is 0 Å². The molecule has 0 bridgehead atoms. The van der Waals surface area contributed by atoms with Gasteiger partial charge in [0.2, 0.25) is 5.91 Å². The van der Waals surface area contributed by atoms with Crippen molar-refractivity contribution in [1.29, 1.82) is 0 Å². The highest BCUT2D eigenvalue weighted by Gasteiger charge is 2.19. The van der Waals surface area contributed by atoms with Gasteiger partial charge in [0.15, 0.2) is 0 Å². The zero-order chi connectivity index (χ0) is 12.0. The summed E-state index contributed by atoms with van der Waals surface area (Å²) in [6, 6.07) is 0. The van der Waals surface area contributed by atoms with E-state index in [1.165, 1.54) is 11.0 Å². The number of nitrogens with one attached hydrogen (secondary N) is 1. The van der Waals surface area contributed by atoms with E-state index in [2.05, 4.69) is 20.8 Å². The van der Waals surface area contributed by atoms with Gasteiger partial charge in [0, 0.05) is 13.5 Å². The van der Waals surface area contributed by atoms with Crippen LogP contribution >= 0.6 is 0 Å². The highest BCUT2D eigenvalue weighted by atomic mass is 16.5. The van der Waals surface area contributed by atoms with Gasteiger partial charge in [-0.2, -0.15) is 0 Å². The molecule has 1 rings (SSSR count). The Morgan fingerprint density at radius 1 is 1.56 bits per heavy atom. The first-order valence-corrected chi connectivity index (χ1v) is 5.04. The first kappa shape index (κ1) is 12.6. The van der Waals surface area contributed by atoms with E-state index < -0.39 is 0 Å². The molecule has 0 saturated heterocycles. The van der Waals surface area contributed by atoms with Gasteiger partial charge < -0.3 is 10.1 Å². The van der Waals surface area contributed by atoms with E-state index in [9.17, 15) is 4.79 Å². The summed E-state index contributed by atoms with van der Waals surface area (Å²) >= 11 is 0. The van der Waals surface area contributed by atoms with Crippen LogP contribution in [-0.2, 0) is 16.1 Å². The van der Waals surface area contributed by atoms with Gasteiger partial charge in [0.25, 0.3) is 0 Å². The number of carbonyl (C=O) groups is 1. The SMILES string of the molecule is COCC(C)(C)NC(=O)CCn1cnnn1. The zero-order valence-electron chi connectivity index (χ0n) is 9.80. The van der Waals surface area contributed by atoms with E-state index >= 15 is 0 Å². The fraction of sp³-hybridized carbons (Fsp3) is 0.778. The van der Waals surface area contributed by atoms with Gasteiger partial charge in [0.05, 0.1) is 18.7 Å². The third kappa shape index (κ3) is 4.35. The highest BCUT2D eigenvalue weighted by Crippen LogP contribution is 2.02. The van der Waals surface area contributed by atoms with Crippen LogP contribution in [0.1, 0.15) is 20.3 Å². The predicted molar refractivity (Wildman–Crippen MR) is 56.5 cm³/mol. The van der Waals surface area contributed by atoms with Gasteiger partial charge in [-0.1, -0.05) is 0 Å². The molecule has 90 valence electrons. The molecular weight excluding hydrogens is 210 g/mol. The van der Waals surface area contributed by atoms with Crippen molar-refractivity contribution in [1.82, 2.24) is 25.5 Å². The lowest BCUT2D eigenvalue weighted by Gasteiger charge is -2.25. The minimum absolute atomic E-state index is 0.0439. The average Bonchev–Trinajstić information content (AvgIpc) is 2.66. The number of ether oxygens (including phenoxy) is 1. The molecule has 0 spiro atoms. The Morgan fingerprint density at radius 3 is 2.88 bits per heavy atom. The molecule has 0 aliphatic heterocycles. The second kappa shape index (κ2) is 5.55. The van der Waals surface area contributed by atoms with Crippen LogP contribution in [0, 0.1) is 0 Å². The summed E-state index contributed by atoms with van der Waals surface area (Å²) in [5.41, 5.74) is -0.355. The number of aromatic nitrogens is 4. The van der Waals surface area contributed by atoms with Crippen molar-refractivity contribution in [3.63, 3.8) is 0 Å². The summed E-state index contributed by atoms with van der Waals surface area (Å²) in [7, 11) is 1.61. The van der Waals surface area contributed by atoms with Gasteiger partial charge in [-0.3, -0.25) is 4.79 Å².